The second kappa shape index (κ2) is 7.47. The molecule has 2 heterocycles. The maximum Gasteiger partial charge on any atom is 0.246 e. The number of allylic oxidation sites excluding steroid dienone is 1. The quantitative estimate of drug-likeness (QED) is 0.857. The number of anilines is 1. The predicted octanol–water partition coefficient (Wildman–Crippen LogP) is 2.34. The van der Waals surface area contributed by atoms with Crippen LogP contribution in [0.3, 0.4) is 0 Å². The van der Waals surface area contributed by atoms with E-state index in [0.29, 0.717) is 23.7 Å². The van der Waals surface area contributed by atoms with E-state index in [-0.39, 0.29) is 23.7 Å². The first-order chi connectivity index (χ1) is 12.1. The molecule has 1 saturated heterocycles. The average molecular weight is 338 g/mol. The van der Waals surface area contributed by atoms with Crippen LogP contribution in [0.4, 0.5) is 5.69 Å². The van der Waals surface area contributed by atoms with E-state index in [2.05, 4.69) is 16.4 Å². The van der Waals surface area contributed by atoms with Gasteiger partial charge in [-0.25, -0.2) is 0 Å². The molecule has 1 aliphatic carbocycles. The second-order valence-electron chi connectivity index (χ2n) is 6.73. The summed E-state index contributed by atoms with van der Waals surface area (Å²) in [5.74, 6) is 0.386. The molecule has 0 radical (unpaired) electrons. The smallest absolute Gasteiger partial charge is 0.246 e. The van der Waals surface area contributed by atoms with Crippen molar-refractivity contribution in [2.45, 2.75) is 26.2 Å². The van der Waals surface area contributed by atoms with Crippen LogP contribution < -0.4 is 5.32 Å². The maximum absolute atomic E-state index is 12.8. The summed E-state index contributed by atoms with van der Waals surface area (Å²) in [4.78, 5) is 30.8. The van der Waals surface area contributed by atoms with Crippen molar-refractivity contribution in [2.24, 2.45) is 17.8 Å². The Bertz CT molecular complexity index is 737. The van der Waals surface area contributed by atoms with Gasteiger partial charge in [-0.05, 0) is 43.7 Å². The molecule has 1 aromatic heterocycles. The number of aromatic nitrogens is 1. The van der Waals surface area contributed by atoms with Crippen LogP contribution in [0, 0.1) is 29.1 Å². The fraction of sp³-hybridized carbons (Fsp3) is 0.474. The topological polar surface area (TPSA) is 86.1 Å². The molecule has 2 amide bonds. The van der Waals surface area contributed by atoms with Gasteiger partial charge < -0.3 is 10.2 Å². The molecule has 0 unspecified atom stereocenters. The summed E-state index contributed by atoms with van der Waals surface area (Å²) >= 11 is 0. The molecule has 1 aromatic rings. The number of nitriles is 1. The summed E-state index contributed by atoms with van der Waals surface area (Å²) in [6.45, 7) is 3.19. The molecular weight excluding hydrogens is 316 g/mol. The molecule has 1 aliphatic heterocycles. The number of likely N-dealkylation sites (tertiary alicyclic amines) is 1. The van der Waals surface area contributed by atoms with Crippen molar-refractivity contribution in [1.82, 2.24) is 9.88 Å². The van der Waals surface area contributed by atoms with E-state index in [1.54, 1.807) is 18.2 Å². The lowest BCUT2D eigenvalue weighted by Gasteiger charge is -2.31. The minimum absolute atomic E-state index is 0.0232. The average Bonchev–Trinajstić information content (AvgIpc) is 3.06. The van der Waals surface area contributed by atoms with Crippen molar-refractivity contribution < 1.29 is 9.59 Å². The summed E-state index contributed by atoms with van der Waals surface area (Å²) in [6.07, 6.45) is 9.25. The van der Waals surface area contributed by atoms with Gasteiger partial charge in [0.25, 0.3) is 0 Å². The molecule has 2 aliphatic rings. The fourth-order valence-electron chi connectivity index (χ4n) is 4.04. The highest BCUT2D eigenvalue weighted by molar-refractivity contribution is 5.94. The zero-order valence-electron chi connectivity index (χ0n) is 14.3. The Morgan fingerprint density at radius 3 is 3.00 bits per heavy atom. The van der Waals surface area contributed by atoms with E-state index in [0.717, 1.165) is 25.8 Å². The van der Waals surface area contributed by atoms with E-state index < -0.39 is 0 Å². The number of nitrogens with one attached hydrogen (secondary N) is 1. The van der Waals surface area contributed by atoms with E-state index in [1.807, 2.05) is 11.8 Å². The Morgan fingerprint density at radius 2 is 2.24 bits per heavy atom. The molecular formula is C19H22N4O2. The first-order valence-corrected chi connectivity index (χ1v) is 8.70. The lowest BCUT2D eigenvalue weighted by Crippen LogP contribution is -2.36. The van der Waals surface area contributed by atoms with Gasteiger partial charge in [0.2, 0.25) is 11.8 Å². The van der Waals surface area contributed by atoms with Gasteiger partial charge in [-0.2, -0.15) is 5.26 Å². The number of carbonyl (C=O) groups excluding carboxylic acids is 2. The third kappa shape index (κ3) is 3.55. The maximum atomic E-state index is 12.8. The highest BCUT2D eigenvalue weighted by Crippen LogP contribution is 2.40. The number of amides is 2. The first-order valence-electron chi connectivity index (χ1n) is 8.70. The predicted molar refractivity (Wildman–Crippen MR) is 93.3 cm³/mol. The fourth-order valence-corrected chi connectivity index (χ4v) is 4.04. The minimum atomic E-state index is -0.131. The minimum Gasteiger partial charge on any atom is -0.339 e. The van der Waals surface area contributed by atoms with Crippen molar-refractivity contribution >= 4 is 17.5 Å². The highest BCUT2D eigenvalue weighted by atomic mass is 16.2. The van der Waals surface area contributed by atoms with Crippen molar-refractivity contribution in [3.8, 4) is 6.07 Å². The summed E-state index contributed by atoms with van der Waals surface area (Å²) in [5.41, 5.74) is 0.865. The van der Waals surface area contributed by atoms with Crippen LogP contribution in [0.25, 0.3) is 0 Å². The number of pyridine rings is 1. The molecule has 3 atom stereocenters. The van der Waals surface area contributed by atoms with Gasteiger partial charge in [0.05, 0.1) is 17.4 Å². The van der Waals surface area contributed by atoms with Gasteiger partial charge in [0, 0.05) is 25.2 Å². The normalized spacial score (nSPS) is 25.4. The molecule has 3 rings (SSSR count). The number of hydrogen-bond donors (Lipinski definition) is 1. The van der Waals surface area contributed by atoms with E-state index in [4.69, 9.17) is 5.26 Å². The van der Waals surface area contributed by atoms with Gasteiger partial charge >= 0.3 is 0 Å². The Kier molecular flexibility index (Phi) is 5.13. The molecule has 1 N–H and O–H groups in total. The number of hydrogen-bond acceptors (Lipinski definition) is 4. The van der Waals surface area contributed by atoms with E-state index >= 15 is 0 Å². The summed E-state index contributed by atoms with van der Waals surface area (Å²) < 4.78 is 0. The number of carbonyl (C=O) groups is 2. The van der Waals surface area contributed by atoms with Crippen LogP contribution in [0.2, 0.25) is 0 Å². The van der Waals surface area contributed by atoms with Gasteiger partial charge in [-0.3, -0.25) is 14.6 Å². The van der Waals surface area contributed by atoms with Crippen molar-refractivity contribution in [2.75, 3.05) is 18.4 Å². The zero-order chi connectivity index (χ0) is 17.8. The molecule has 6 nitrogen and oxygen atoms in total. The second-order valence-corrected chi connectivity index (χ2v) is 6.73. The van der Waals surface area contributed by atoms with Crippen molar-refractivity contribution in [3.63, 3.8) is 0 Å². The molecule has 0 aromatic carbocycles. The van der Waals surface area contributed by atoms with Crippen molar-refractivity contribution in [1.29, 1.82) is 5.26 Å². The summed E-state index contributed by atoms with van der Waals surface area (Å²) in [7, 11) is 0. The van der Waals surface area contributed by atoms with Crippen LogP contribution >= 0.6 is 0 Å². The number of rotatable bonds is 3. The molecule has 2 fully saturated rings. The molecule has 25 heavy (non-hydrogen) atoms. The van der Waals surface area contributed by atoms with Gasteiger partial charge in [0.1, 0.15) is 6.07 Å². The zero-order valence-corrected chi connectivity index (χ0v) is 14.3. The summed E-state index contributed by atoms with van der Waals surface area (Å²) in [5, 5.41) is 12.0. The van der Waals surface area contributed by atoms with E-state index in [9.17, 15) is 9.59 Å². The van der Waals surface area contributed by atoms with Gasteiger partial charge in [-0.1, -0.05) is 12.5 Å². The standard InChI is InChI=1S/C19H22N4O2/c1-2-4-18(24)23-11-14-5-3-6-15(16(14)12-23)19(25)22-17-10-21-8-7-13(17)9-20/h2,4,7-8,10,14-16H,3,5-6,11-12H2,1H3,(H,22,25)/b4-2+/t14-,15-,16-/m1/s1. The molecule has 0 bridgehead atoms. The van der Waals surface area contributed by atoms with Crippen LogP contribution in [-0.2, 0) is 9.59 Å². The lowest BCUT2D eigenvalue weighted by molar-refractivity contribution is -0.126. The molecule has 1 saturated carbocycles. The Morgan fingerprint density at radius 1 is 1.40 bits per heavy atom. The van der Waals surface area contributed by atoms with Crippen LogP contribution in [-0.4, -0.2) is 34.8 Å². The van der Waals surface area contributed by atoms with Crippen LogP contribution in [0.5, 0.6) is 0 Å². The first kappa shape index (κ1) is 17.2. The number of nitrogens with zero attached hydrogens (tertiary/aromatic N) is 3. The number of fused-ring (bicyclic) bond motifs is 1. The molecule has 130 valence electrons. The van der Waals surface area contributed by atoms with Gasteiger partial charge in [-0.15, -0.1) is 0 Å². The monoisotopic (exact) mass is 338 g/mol. The third-order valence-corrected chi connectivity index (χ3v) is 5.26. The summed E-state index contributed by atoms with van der Waals surface area (Å²) in [6, 6.07) is 3.66. The third-order valence-electron chi connectivity index (χ3n) is 5.26. The lowest BCUT2D eigenvalue weighted by atomic mass is 9.73. The Labute approximate surface area is 147 Å². The largest absolute Gasteiger partial charge is 0.339 e. The highest BCUT2D eigenvalue weighted by Gasteiger charge is 2.44. The SMILES string of the molecule is C/C=C/C(=O)N1C[C@H]2CCC[C@@H](C(=O)Nc3cnccc3C#N)[C@@H]2C1. The molecule has 0 spiro atoms. The van der Waals surface area contributed by atoms with Crippen molar-refractivity contribution in [3.05, 3.63) is 36.2 Å². The Hall–Kier alpha value is -2.68. The van der Waals surface area contributed by atoms with Crippen LogP contribution in [0.1, 0.15) is 31.7 Å². The van der Waals surface area contributed by atoms with E-state index in [1.165, 1.54) is 12.4 Å². The van der Waals surface area contributed by atoms with Crippen LogP contribution in [0.15, 0.2) is 30.6 Å². The molecule has 6 heteroatoms. The van der Waals surface area contributed by atoms with Gasteiger partial charge in [0.15, 0.2) is 0 Å². The Balaban J connectivity index is 1.72.